The van der Waals surface area contributed by atoms with Crippen molar-refractivity contribution < 1.29 is 19.4 Å². The molecular formula is C14H24N2O4. The highest BCUT2D eigenvalue weighted by molar-refractivity contribution is 5.80. The molecule has 20 heavy (non-hydrogen) atoms. The molecular weight excluding hydrogens is 260 g/mol. The van der Waals surface area contributed by atoms with E-state index in [1.165, 1.54) is 0 Å². The van der Waals surface area contributed by atoms with Gasteiger partial charge >= 0.3 is 12.0 Å². The Morgan fingerprint density at radius 3 is 2.55 bits per heavy atom. The van der Waals surface area contributed by atoms with Crippen LogP contribution in [0.4, 0.5) is 4.79 Å². The van der Waals surface area contributed by atoms with Gasteiger partial charge in [-0.05, 0) is 38.5 Å². The number of carbonyl (C=O) groups is 2. The Balaban J connectivity index is 1.87. The number of methoxy groups -OCH3 is 1. The third-order valence-corrected chi connectivity index (χ3v) is 4.48. The average molecular weight is 284 g/mol. The summed E-state index contributed by atoms with van der Waals surface area (Å²) in [5.74, 6) is -0.233. The van der Waals surface area contributed by atoms with Crippen LogP contribution in [0.25, 0.3) is 0 Å². The van der Waals surface area contributed by atoms with Gasteiger partial charge in [0.15, 0.2) is 0 Å². The van der Waals surface area contributed by atoms with Gasteiger partial charge in [-0.2, -0.15) is 0 Å². The summed E-state index contributed by atoms with van der Waals surface area (Å²) in [4.78, 5) is 25.2. The molecule has 0 saturated heterocycles. The summed E-state index contributed by atoms with van der Waals surface area (Å²) < 4.78 is 5.05. The molecule has 1 unspecified atom stereocenters. The summed E-state index contributed by atoms with van der Waals surface area (Å²) in [7, 11) is 1.61. The molecule has 0 aliphatic heterocycles. The Labute approximate surface area is 119 Å². The Bertz CT molecular complexity index is 377. The summed E-state index contributed by atoms with van der Waals surface area (Å²) in [5, 5.41) is 11.9. The number of hydrogen-bond acceptors (Lipinski definition) is 3. The minimum absolute atomic E-state index is 0.172. The van der Waals surface area contributed by atoms with E-state index in [-0.39, 0.29) is 18.6 Å². The van der Waals surface area contributed by atoms with Crippen molar-refractivity contribution in [2.24, 2.45) is 11.3 Å². The van der Waals surface area contributed by atoms with Gasteiger partial charge in [-0.3, -0.25) is 4.79 Å². The minimum atomic E-state index is -0.809. The lowest BCUT2D eigenvalue weighted by Crippen LogP contribution is -2.49. The number of nitrogens with one attached hydrogen (secondary N) is 1. The van der Waals surface area contributed by atoms with E-state index < -0.39 is 11.4 Å². The zero-order valence-corrected chi connectivity index (χ0v) is 12.2. The first-order valence-electron chi connectivity index (χ1n) is 7.27. The molecule has 2 amide bonds. The van der Waals surface area contributed by atoms with Gasteiger partial charge in [-0.15, -0.1) is 0 Å². The maximum Gasteiger partial charge on any atom is 0.317 e. The lowest BCUT2D eigenvalue weighted by molar-refractivity contribution is -0.143. The smallest absolute Gasteiger partial charge is 0.317 e. The predicted octanol–water partition coefficient (Wildman–Crippen LogP) is 1.31. The van der Waals surface area contributed by atoms with Crippen LogP contribution in [0, 0.1) is 11.3 Å². The Hall–Kier alpha value is -1.30. The molecule has 0 aromatic carbocycles. The second-order valence-corrected chi connectivity index (χ2v) is 6.01. The zero-order chi connectivity index (χ0) is 14.8. The highest BCUT2D eigenvalue weighted by Crippen LogP contribution is 2.45. The average Bonchev–Trinajstić information content (AvgIpc) is 3.29. The number of urea groups is 1. The van der Waals surface area contributed by atoms with E-state index in [9.17, 15) is 9.59 Å². The SMILES string of the molecule is COCCN(C(=O)NCC1(C(=O)O)CC1)C(C)C1CC1. The molecule has 6 heteroatoms. The number of hydrogen-bond donors (Lipinski definition) is 2. The van der Waals surface area contributed by atoms with Crippen molar-refractivity contribution in [1.82, 2.24) is 10.2 Å². The Morgan fingerprint density at radius 1 is 1.45 bits per heavy atom. The van der Waals surface area contributed by atoms with E-state index in [0.29, 0.717) is 31.9 Å². The second-order valence-electron chi connectivity index (χ2n) is 6.01. The van der Waals surface area contributed by atoms with Crippen LogP contribution in [0.2, 0.25) is 0 Å². The topological polar surface area (TPSA) is 78.9 Å². The van der Waals surface area contributed by atoms with Crippen LogP contribution in [0.15, 0.2) is 0 Å². The van der Waals surface area contributed by atoms with Crippen molar-refractivity contribution in [3.8, 4) is 0 Å². The first kappa shape index (κ1) is 15.1. The monoisotopic (exact) mass is 284 g/mol. The molecule has 0 spiro atoms. The number of amides is 2. The fraction of sp³-hybridized carbons (Fsp3) is 0.857. The van der Waals surface area contributed by atoms with Crippen LogP contribution in [0.1, 0.15) is 32.6 Å². The summed E-state index contributed by atoms with van der Waals surface area (Å²) in [5.41, 5.74) is -0.717. The fourth-order valence-electron chi connectivity index (χ4n) is 2.48. The summed E-state index contributed by atoms with van der Waals surface area (Å²) in [6.07, 6.45) is 3.63. The lowest BCUT2D eigenvalue weighted by atomic mass is 10.1. The van der Waals surface area contributed by atoms with Gasteiger partial charge in [0.05, 0.1) is 12.0 Å². The van der Waals surface area contributed by atoms with Gasteiger partial charge in [0.1, 0.15) is 0 Å². The maximum absolute atomic E-state index is 12.3. The van der Waals surface area contributed by atoms with E-state index in [1.807, 2.05) is 0 Å². The molecule has 2 N–H and O–H groups in total. The van der Waals surface area contributed by atoms with Crippen molar-refractivity contribution in [3.63, 3.8) is 0 Å². The maximum atomic E-state index is 12.3. The molecule has 0 bridgehead atoms. The van der Waals surface area contributed by atoms with E-state index in [2.05, 4.69) is 12.2 Å². The molecule has 2 fully saturated rings. The Morgan fingerprint density at radius 2 is 2.10 bits per heavy atom. The number of aliphatic carboxylic acids is 1. The zero-order valence-electron chi connectivity index (χ0n) is 12.2. The van der Waals surface area contributed by atoms with Gasteiger partial charge in [0, 0.05) is 26.2 Å². The van der Waals surface area contributed by atoms with Crippen molar-refractivity contribution >= 4 is 12.0 Å². The van der Waals surface area contributed by atoms with Gasteiger partial charge in [-0.1, -0.05) is 0 Å². The van der Waals surface area contributed by atoms with E-state index >= 15 is 0 Å². The van der Waals surface area contributed by atoms with Gasteiger partial charge < -0.3 is 20.1 Å². The molecule has 2 rings (SSSR count). The van der Waals surface area contributed by atoms with E-state index in [0.717, 1.165) is 12.8 Å². The standard InChI is InChI=1S/C14H24N2O4/c1-10(11-3-4-11)16(7-8-20-2)13(19)15-9-14(5-6-14)12(17)18/h10-11H,3-9H2,1-2H3,(H,15,19)(H,17,18). The lowest BCUT2D eigenvalue weighted by Gasteiger charge is -2.29. The van der Waals surface area contributed by atoms with Gasteiger partial charge in [-0.25, -0.2) is 4.79 Å². The number of nitrogens with zero attached hydrogens (tertiary/aromatic N) is 1. The molecule has 2 aliphatic carbocycles. The molecule has 6 nitrogen and oxygen atoms in total. The van der Waals surface area contributed by atoms with Crippen LogP contribution in [-0.2, 0) is 9.53 Å². The van der Waals surface area contributed by atoms with Gasteiger partial charge in [0.2, 0.25) is 0 Å². The van der Waals surface area contributed by atoms with Crippen LogP contribution in [-0.4, -0.2) is 54.9 Å². The number of rotatable bonds is 8. The van der Waals surface area contributed by atoms with Crippen molar-refractivity contribution in [1.29, 1.82) is 0 Å². The van der Waals surface area contributed by atoms with Crippen LogP contribution in [0.3, 0.4) is 0 Å². The molecule has 0 aromatic heterocycles. The normalized spacial score (nSPS) is 21.1. The molecule has 0 radical (unpaired) electrons. The fourth-order valence-corrected chi connectivity index (χ4v) is 2.48. The van der Waals surface area contributed by atoms with Crippen LogP contribution < -0.4 is 5.32 Å². The summed E-state index contributed by atoms with van der Waals surface area (Å²) in [6.45, 7) is 3.31. The predicted molar refractivity (Wildman–Crippen MR) is 73.5 cm³/mol. The molecule has 0 heterocycles. The number of carboxylic acid groups (broad SMARTS) is 1. The third-order valence-electron chi connectivity index (χ3n) is 4.48. The third kappa shape index (κ3) is 3.42. The first-order valence-corrected chi connectivity index (χ1v) is 7.27. The van der Waals surface area contributed by atoms with Crippen molar-refractivity contribution in [3.05, 3.63) is 0 Å². The van der Waals surface area contributed by atoms with Crippen LogP contribution in [0.5, 0.6) is 0 Å². The van der Waals surface area contributed by atoms with E-state index in [1.54, 1.807) is 12.0 Å². The molecule has 114 valence electrons. The second kappa shape index (κ2) is 5.99. The van der Waals surface area contributed by atoms with Crippen molar-refractivity contribution in [2.45, 2.75) is 38.6 Å². The quantitative estimate of drug-likeness (QED) is 0.704. The largest absolute Gasteiger partial charge is 0.481 e. The van der Waals surface area contributed by atoms with Crippen LogP contribution >= 0.6 is 0 Å². The first-order chi connectivity index (χ1) is 9.50. The minimum Gasteiger partial charge on any atom is -0.481 e. The summed E-state index contributed by atoms with van der Waals surface area (Å²) in [6, 6.07) is 0.0131. The molecule has 2 aliphatic rings. The highest BCUT2D eigenvalue weighted by atomic mass is 16.5. The van der Waals surface area contributed by atoms with E-state index in [4.69, 9.17) is 9.84 Å². The number of ether oxygens (including phenoxy) is 1. The Kier molecular flexibility index (Phi) is 4.52. The number of carboxylic acids is 1. The number of carbonyl (C=O) groups excluding carboxylic acids is 1. The highest BCUT2D eigenvalue weighted by Gasteiger charge is 2.50. The molecule has 2 saturated carbocycles. The molecule has 0 aromatic rings. The molecule has 1 atom stereocenters. The van der Waals surface area contributed by atoms with Gasteiger partial charge in [0.25, 0.3) is 0 Å². The van der Waals surface area contributed by atoms with Crippen molar-refractivity contribution in [2.75, 3.05) is 26.8 Å². The summed E-state index contributed by atoms with van der Waals surface area (Å²) >= 11 is 0.